The maximum atomic E-state index is 12.2. The zero-order valence-corrected chi connectivity index (χ0v) is 15.6. The lowest BCUT2D eigenvalue weighted by atomic mass is 9.37. The van der Waals surface area contributed by atoms with Gasteiger partial charge in [0.2, 0.25) is 0 Å². The summed E-state index contributed by atoms with van der Waals surface area (Å²) in [5.74, 6) is 2.11. The zero-order chi connectivity index (χ0) is 18.1. The average Bonchev–Trinajstić information content (AvgIpc) is 2.68. The van der Waals surface area contributed by atoms with Crippen molar-refractivity contribution >= 4 is 0 Å². The van der Waals surface area contributed by atoms with Crippen LogP contribution in [0.3, 0.4) is 0 Å². The Labute approximate surface area is 157 Å². The molecule has 4 bridgehead atoms. The summed E-state index contributed by atoms with van der Waals surface area (Å²) < 4.78 is 0. The highest BCUT2D eigenvalue weighted by atomic mass is 16.3. The number of allylic oxidation sites excluding steroid dienone is 4. The van der Waals surface area contributed by atoms with Crippen LogP contribution >= 0.6 is 0 Å². The first-order chi connectivity index (χ1) is 12.5. The molecule has 26 heavy (non-hydrogen) atoms. The van der Waals surface area contributed by atoms with Crippen molar-refractivity contribution in [2.45, 2.75) is 49.7 Å². The maximum Gasteiger partial charge on any atom is 0.0757 e. The molecule has 0 saturated heterocycles. The zero-order valence-electron chi connectivity index (χ0n) is 15.6. The summed E-state index contributed by atoms with van der Waals surface area (Å²) in [4.78, 5) is 0. The summed E-state index contributed by atoms with van der Waals surface area (Å²) in [6.07, 6.45) is 19.1. The molecule has 140 valence electrons. The molecule has 7 aliphatic carbocycles. The van der Waals surface area contributed by atoms with Gasteiger partial charge in [0.1, 0.15) is 0 Å². The van der Waals surface area contributed by atoms with E-state index in [-0.39, 0.29) is 23.7 Å². The Morgan fingerprint density at radius 3 is 1.12 bits per heavy atom. The van der Waals surface area contributed by atoms with Crippen molar-refractivity contribution in [3.8, 4) is 0 Å². The van der Waals surface area contributed by atoms with E-state index in [9.17, 15) is 10.2 Å². The topological polar surface area (TPSA) is 40.5 Å². The third-order valence-corrected chi connectivity index (χ3v) is 8.75. The molecule has 2 heteroatoms. The molecule has 8 unspecified atom stereocenters. The molecule has 0 heterocycles. The van der Waals surface area contributed by atoms with Gasteiger partial charge in [0.25, 0.3) is 0 Å². The monoisotopic (exact) mass is 352 g/mol. The Hall–Kier alpha value is -1.12. The summed E-state index contributed by atoms with van der Waals surface area (Å²) in [5.41, 5.74) is -1.49. The smallest absolute Gasteiger partial charge is 0.0757 e. The highest BCUT2D eigenvalue weighted by Gasteiger charge is 2.70. The van der Waals surface area contributed by atoms with Crippen molar-refractivity contribution in [1.29, 1.82) is 0 Å². The van der Waals surface area contributed by atoms with E-state index < -0.39 is 11.2 Å². The molecule has 3 saturated carbocycles. The van der Waals surface area contributed by atoms with Gasteiger partial charge in [0.05, 0.1) is 11.2 Å². The van der Waals surface area contributed by atoms with Gasteiger partial charge in [-0.05, 0) is 62.2 Å². The van der Waals surface area contributed by atoms with Crippen LogP contribution in [0.25, 0.3) is 0 Å². The minimum Gasteiger partial charge on any atom is -0.389 e. The predicted molar refractivity (Wildman–Crippen MR) is 104 cm³/mol. The Morgan fingerprint density at radius 2 is 0.923 bits per heavy atom. The fourth-order valence-electron chi connectivity index (χ4n) is 8.17. The largest absolute Gasteiger partial charge is 0.389 e. The molecule has 0 aromatic heterocycles. The molecule has 7 aliphatic rings. The summed E-state index contributed by atoms with van der Waals surface area (Å²) >= 11 is 0. The molecule has 0 amide bonds. The van der Waals surface area contributed by atoms with Gasteiger partial charge in [-0.15, -0.1) is 13.2 Å². The van der Waals surface area contributed by atoms with Crippen molar-refractivity contribution in [3.05, 3.63) is 49.6 Å². The third kappa shape index (κ3) is 1.95. The number of hydrogen-bond acceptors (Lipinski definition) is 2. The molecule has 0 aliphatic heterocycles. The Bertz CT molecular complexity index is 576. The summed E-state index contributed by atoms with van der Waals surface area (Å²) in [6, 6.07) is 0. The van der Waals surface area contributed by atoms with Gasteiger partial charge in [-0.25, -0.2) is 0 Å². The molecule has 0 radical (unpaired) electrons. The van der Waals surface area contributed by atoms with E-state index in [0.717, 1.165) is 25.7 Å². The highest BCUT2D eigenvalue weighted by molar-refractivity contribution is 5.29. The Kier molecular flexibility index (Phi) is 3.72. The molecule has 7 rings (SSSR count). The van der Waals surface area contributed by atoms with Gasteiger partial charge >= 0.3 is 0 Å². The third-order valence-electron chi connectivity index (χ3n) is 8.75. The summed E-state index contributed by atoms with van der Waals surface area (Å²) in [5, 5.41) is 24.5. The van der Waals surface area contributed by atoms with E-state index in [1.165, 1.54) is 0 Å². The van der Waals surface area contributed by atoms with Gasteiger partial charge < -0.3 is 10.2 Å². The fourth-order valence-corrected chi connectivity index (χ4v) is 8.17. The Morgan fingerprint density at radius 1 is 0.654 bits per heavy atom. The second-order valence-electron chi connectivity index (χ2n) is 9.65. The van der Waals surface area contributed by atoms with Crippen LogP contribution in [-0.4, -0.2) is 21.4 Å². The SMILES string of the molecule is C=CCC1(O)C2C3C=CC(CC3)C2C(O)(CC=C)C2C3C=CC(CC3)C21. The standard InChI is InChI=1S/C24H32O2/c1-3-13-23(25)19-15-5-9-17(10-6-15)21(19)24(26,14-4-2)22-18-11-7-16(8-12-18)20(22)23/h3-5,7,9,11,15-22,25-26H,1-2,6,8,10,12-14H2. The van der Waals surface area contributed by atoms with Crippen molar-refractivity contribution in [3.63, 3.8) is 0 Å². The fraction of sp³-hybridized carbons (Fsp3) is 0.667. The number of fused-ring (bicyclic) bond motifs is 2. The number of aliphatic hydroxyl groups is 2. The number of rotatable bonds is 4. The van der Waals surface area contributed by atoms with E-state index in [0.29, 0.717) is 36.5 Å². The minimum absolute atomic E-state index is 0.142. The minimum atomic E-state index is -0.743. The molecule has 0 aromatic carbocycles. The van der Waals surface area contributed by atoms with E-state index in [2.05, 4.69) is 37.5 Å². The molecule has 0 aromatic rings. The normalized spacial score (nSPS) is 56.1. The van der Waals surface area contributed by atoms with E-state index in [4.69, 9.17) is 0 Å². The second-order valence-corrected chi connectivity index (χ2v) is 9.65. The van der Waals surface area contributed by atoms with Gasteiger partial charge in [-0.3, -0.25) is 0 Å². The van der Waals surface area contributed by atoms with Gasteiger partial charge in [-0.2, -0.15) is 0 Å². The van der Waals surface area contributed by atoms with Crippen molar-refractivity contribution < 1.29 is 10.2 Å². The maximum absolute atomic E-state index is 12.2. The quantitative estimate of drug-likeness (QED) is 0.742. The lowest BCUT2D eigenvalue weighted by molar-refractivity contribution is -0.281. The average molecular weight is 353 g/mol. The molecule has 2 nitrogen and oxygen atoms in total. The molecule has 8 atom stereocenters. The molecule has 2 N–H and O–H groups in total. The van der Waals surface area contributed by atoms with Crippen LogP contribution in [0.5, 0.6) is 0 Å². The van der Waals surface area contributed by atoms with Crippen molar-refractivity contribution in [2.75, 3.05) is 0 Å². The highest BCUT2D eigenvalue weighted by Crippen LogP contribution is 2.68. The van der Waals surface area contributed by atoms with Gasteiger partial charge in [0, 0.05) is 23.7 Å². The van der Waals surface area contributed by atoms with Crippen molar-refractivity contribution in [1.82, 2.24) is 0 Å². The Balaban J connectivity index is 1.72. The summed E-state index contributed by atoms with van der Waals surface area (Å²) in [7, 11) is 0. The van der Waals surface area contributed by atoms with Crippen LogP contribution in [0.1, 0.15) is 38.5 Å². The lowest BCUT2D eigenvalue weighted by Crippen LogP contribution is -2.73. The van der Waals surface area contributed by atoms with Crippen LogP contribution < -0.4 is 0 Å². The second kappa shape index (κ2) is 5.69. The number of hydrogen-bond donors (Lipinski definition) is 2. The predicted octanol–water partition coefficient (Wildman–Crippen LogP) is 4.27. The van der Waals surface area contributed by atoms with E-state index >= 15 is 0 Å². The molecule has 0 spiro atoms. The molecule has 3 fully saturated rings. The molecular formula is C24H32O2. The lowest BCUT2D eigenvalue weighted by Gasteiger charge is -2.70. The molecular weight excluding hydrogens is 320 g/mol. The van der Waals surface area contributed by atoms with E-state index in [1.54, 1.807) is 0 Å². The summed E-state index contributed by atoms with van der Waals surface area (Å²) in [6.45, 7) is 7.99. The van der Waals surface area contributed by atoms with Gasteiger partial charge in [-0.1, -0.05) is 36.5 Å². The van der Waals surface area contributed by atoms with Crippen LogP contribution in [0.4, 0.5) is 0 Å². The van der Waals surface area contributed by atoms with Gasteiger partial charge in [0.15, 0.2) is 0 Å². The van der Waals surface area contributed by atoms with Crippen LogP contribution in [0, 0.1) is 47.3 Å². The van der Waals surface area contributed by atoms with E-state index in [1.807, 2.05) is 12.2 Å². The first-order valence-corrected chi connectivity index (χ1v) is 10.6. The van der Waals surface area contributed by atoms with Crippen molar-refractivity contribution in [2.24, 2.45) is 47.3 Å². The van der Waals surface area contributed by atoms with Crippen LogP contribution in [0.15, 0.2) is 49.6 Å². The van der Waals surface area contributed by atoms with Crippen LogP contribution in [-0.2, 0) is 0 Å². The first-order valence-electron chi connectivity index (χ1n) is 10.6. The first kappa shape index (κ1) is 17.0. The van der Waals surface area contributed by atoms with Crippen LogP contribution in [0.2, 0.25) is 0 Å².